The zero-order chi connectivity index (χ0) is 107. The van der Waals surface area contributed by atoms with E-state index in [1.165, 1.54) is 32.9 Å². The summed E-state index contributed by atoms with van der Waals surface area (Å²) >= 11 is 0. The highest BCUT2D eigenvalue weighted by Crippen LogP contribution is 2.67. The predicted molar refractivity (Wildman–Crippen MR) is 536 cm³/mol. The van der Waals surface area contributed by atoms with Gasteiger partial charge in [-0.3, -0.25) is 71.9 Å². The maximum Gasteiger partial charge on any atom is 0.316 e. The Kier molecular flexibility index (Phi) is 40.3. The molecule has 14 N–H and O–H groups in total. The fourth-order valence-electron chi connectivity index (χ4n) is 19.7. The molecule has 0 bridgehead atoms. The number of carbonyl (C=O) groups excluding carboxylic acids is 18. The first kappa shape index (κ1) is 118. The number of amides is 18. The third-order valence-electron chi connectivity index (χ3n) is 28.8. The van der Waals surface area contributed by atoms with Crippen LogP contribution in [0.5, 0.6) is 0 Å². The van der Waals surface area contributed by atoms with E-state index in [1.807, 2.05) is 143 Å². The summed E-state index contributed by atoms with van der Waals surface area (Å²) in [5.41, 5.74) is 1.35. The molecule has 5 heterocycles. The topological polar surface area (TPSA) is 523 Å². The number of rotatable bonds is 40. The van der Waals surface area contributed by atoms with Gasteiger partial charge in [0.25, 0.3) is 17.7 Å². The minimum absolute atomic E-state index is 0.0502. The Labute approximate surface area is 834 Å². The first-order valence-electron chi connectivity index (χ1n) is 49.8. The van der Waals surface area contributed by atoms with E-state index >= 15 is 0 Å². The minimum atomic E-state index is -1.05. The van der Waals surface area contributed by atoms with E-state index in [0.717, 1.165) is 6.42 Å². The third-order valence-corrected chi connectivity index (χ3v) is 28.8. The van der Waals surface area contributed by atoms with Crippen molar-refractivity contribution in [2.75, 3.05) is 77.4 Å². The van der Waals surface area contributed by atoms with Gasteiger partial charge < -0.3 is 98.9 Å². The molecule has 4 aliphatic heterocycles. The standard InChI is InChI=1S/C38H59N9O6.C34H58N6O6.C30H50N6O6/c1-10-12-14-25(29(48)32(50)39-15-11-2)42-31(49)28-26-24(38(26,8)9)22-47(28)34(52)30(37(5,6)7)44-36(53)43-27(23(3)4)33(51)45-18-20-46(21-19-45)35-40-16-13-17-41-35;1-14-16-21(24(41)28(43)35-17-15-2)36-27(42)23-22-20(34(22,11)12)18-40(23)30(45)26(33(8,9)10)38-31(46)37-25(32(5,6)7)29(44)39(13)19(3)4;1-11-13-17(20(37)25(40)32-14-12-2)33-24(39)19-18-16(30(18,9)10)15-36(19)26(41)22(29(6,7)8)35-27(42)34-21(23(31)38)28(3,4)5/h11,13,16-17,23-28,30H,2,10,12,14-15,18-22H2,1,3-9H3,(H,39,50)(H,42,49)(H2,43,44,53);15,19-23,25-26H,2,14,16-18H2,1,3-13H3,(H,35,43)(H,36,42)(H2,37,38,46);12,16-19,21-22H,2,11,13-15H2,1,3-10H3,(H2,31,38)(H,32,40)(H,33,39)(H2,34,35,42)/t24-,25?,26-,27-,28-,30+;20-,21?,22-,23-,25+,26+;16-,17?,18-,19-,21+,22+/m000/s1. The van der Waals surface area contributed by atoms with Gasteiger partial charge in [0.1, 0.15) is 54.4 Å². The van der Waals surface area contributed by atoms with Gasteiger partial charge in [-0.1, -0.05) is 224 Å². The van der Waals surface area contributed by atoms with Crippen molar-refractivity contribution >= 4 is 112 Å². The molecule has 3 unspecified atom stereocenters. The molecule has 7 aliphatic rings. The van der Waals surface area contributed by atoms with Gasteiger partial charge in [-0.05, 0) is 124 Å². The molecule has 39 heteroatoms. The number of piperidine rings is 3. The van der Waals surface area contributed by atoms with Crippen molar-refractivity contribution in [3.63, 3.8) is 0 Å². The van der Waals surface area contributed by atoms with Crippen molar-refractivity contribution in [1.82, 2.24) is 98.3 Å². The van der Waals surface area contributed by atoms with Crippen LogP contribution < -0.4 is 74.4 Å². The minimum Gasteiger partial charge on any atom is -0.368 e. The molecular weight excluding hydrogens is 1810 g/mol. The van der Waals surface area contributed by atoms with E-state index in [-0.39, 0.29) is 114 Å². The molecule has 1 aromatic heterocycles. The van der Waals surface area contributed by atoms with Crippen LogP contribution in [-0.4, -0.2) is 292 Å². The SMILES string of the molecule is C=CCNC(=O)C(=O)C(CCC)NC(=O)[C@@H]1[C@@H]2[C@H](CN1C(=O)[C@@H](NC(=O)N[C@H](C(=O)N(C)C(C)C)C(C)(C)C)C(C)(C)C)C2(C)C.C=CCNC(=O)C(=O)C(CCC)NC(=O)[C@@H]1[C@@H]2[C@H](CN1C(=O)[C@@H](NC(=O)N[C@H](C(N)=O)C(C)(C)C)C(C)(C)C)C2(C)C.C=CCNC(=O)C(=O)C(CCCC)NC(=O)[C@@H]1[C@@H]2[C@H](CN1C(=O)[C@@H](NC(=O)N[C@H](C(=O)N1CCN(c3ncccn3)CC1)C(C)C)C(C)(C)C)C2(C)C. The second kappa shape index (κ2) is 48.1. The van der Waals surface area contributed by atoms with E-state index in [4.69, 9.17) is 5.73 Å². The number of Topliss-reactive ketones (excluding diaryl/α,β-unsaturated/α-hetero) is 3. The summed E-state index contributed by atoms with van der Waals surface area (Å²) in [6.07, 6.45) is 11.0. The highest BCUT2D eigenvalue weighted by atomic mass is 16.2. The van der Waals surface area contributed by atoms with E-state index in [1.54, 1.807) is 76.8 Å². The summed E-state index contributed by atoms with van der Waals surface area (Å²) in [5, 5.41) is 32.4. The second-order valence-electron chi connectivity index (χ2n) is 46.5. The first-order valence-corrected chi connectivity index (χ1v) is 49.8. The Hall–Kier alpha value is -11.4. The summed E-state index contributed by atoms with van der Waals surface area (Å²) in [4.78, 5) is 259. The molecule has 7 fully saturated rings. The molecular formula is C102H167N21O18. The largest absolute Gasteiger partial charge is 0.368 e. The van der Waals surface area contributed by atoms with Crippen LogP contribution in [0.2, 0.25) is 0 Å². The van der Waals surface area contributed by atoms with Gasteiger partial charge in [0.15, 0.2) is 0 Å². The molecule has 18 atom stereocenters. The van der Waals surface area contributed by atoms with Crippen LogP contribution in [0.15, 0.2) is 56.4 Å². The lowest BCUT2D eigenvalue weighted by atomic mass is 9.84. The highest BCUT2D eigenvalue weighted by Gasteiger charge is 2.73. The van der Waals surface area contributed by atoms with Gasteiger partial charge in [-0.25, -0.2) is 24.4 Å². The zero-order valence-electron chi connectivity index (χ0n) is 89.2. The van der Waals surface area contributed by atoms with Crippen LogP contribution in [-0.2, 0) is 71.9 Å². The first-order chi connectivity index (χ1) is 65.1. The number of nitrogens with two attached hydrogens (primary N) is 1. The van der Waals surface area contributed by atoms with Crippen molar-refractivity contribution in [3.05, 3.63) is 56.4 Å². The number of hydrogen-bond acceptors (Lipinski definition) is 21. The summed E-state index contributed by atoms with van der Waals surface area (Å²) in [6.45, 7) is 66.5. The predicted octanol–water partition coefficient (Wildman–Crippen LogP) is 5.75. The smallest absolute Gasteiger partial charge is 0.316 e. The van der Waals surface area contributed by atoms with E-state index in [9.17, 15) is 86.3 Å². The Morgan fingerprint density at radius 2 is 0.723 bits per heavy atom. The number of primary amides is 1. The second-order valence-corrected chi connectivity index (χ2v) is 46.5. The van der Waals surface area contributed by atoms with Crippen molar-refractivity contribution in [2.45, 2.75) is 317 Å². The number of hydrogen-bond donors (Lipinski definition) is 13. The van der Waals surface area contributed by atoms with Crippen LogP contribution in [0.1, 0.15) is 239 Å². The van der Waals surface area contributed by atoms with Crippen molar-refractivity contribution in [1.29, 1.82) is 0 Å². The number of carbonyl (C=O) groups is 18. The normalized spacial score (nSPS) is 22.4. The zero-order valence-corrected chi connectivity index (χ0v) is 89.2. The van der Waals surface area contributed by atoms with Gasteiger partial charge in [0, 0.05) is 90.9 Å². The van der Waals surface area contributed by atoms with E-state index < -0.39 is 194 Å². The maximum absolute atomic E-state index is 14.5. The molecule has 18 amide bonds. The quantitative estimate of drug-likeness (QED) is 0.0274. The molecule has 0 spiro atoms. The molecule has 0 aromatic carbocycles. The highest BCUT2D eigenvalue weighted by molar-refractivity contribution is 6.39. The number of likely N-dealkylation sites (N-methyl/N-ethyl adjacent to an activating group) is 1. The van der Waals surface area contributed by atoms with Crippen LogP contribution in [0, 0.1) is 84.7 Å². The number of ketones is 3. The molecule has 39 nitrogen and oxygen atoms in total. The fraction of sp³-hybridized carbons (Fsp3) is 0.725. The van der Waals surface area contributed by atoms with Crippen LogP contribution in [0.3, 0.4) is 0 Å². The summed E-state index contributed by atoms with van der Waals surface area (Å²) in [7, 11) is 1.69. The van der Waals surface area contributed by atoms with E-state index in [2.05, 4.69) is 107 Å². The Bertz CT molecular complexity index is 4740. The fourth-order valence-corrected chi connectivity index (χ4v) is 19.7. The number of nitrogens with zero attached hydrogens (tertiary/aromatic N) is 8. The monoisotopic (exact) mass is 1970 g/mol. The number of nitrogens with one attached hydrogen (secondary N) is 12. The summed E-state index contributed by atoms with van der Waals surface area (Å²) in [6, 6.07) is -12.0. The lowest BCUT2D eigenvalue weighted by molar-refractivity contribution is -0.145. The van der Waals surface area contributed by atoms with Gasteiger partial charge in [0.2, 0.25) is 76.5 Å². The molecule has 1 aromatic rings. The van der Waals surface area contributed by atoms with Crippen molar-refractivity contribution in [2.24, 2.45) is 90.5 Å². The van der Waals surface area contributed by atoms with Gasteiger partial charge in [0.05, 0.1) is 18.1 Å². The average molecular weight is 1980 g/mol. The Morgan fingerprint density at radius 3 is 1.00 bits per heavy atom. The number of urea groups is 3. The lowest BCUT2D eigenvalue weighted by Crippen LogP contribution is -2.63. The number of fused-ring (bicyclic) bond motifs is 3. The lowest BCUT2D eigenvalue weighted by Gasteiger charge is -2.39. The van der Waals surface area contributed by atoms with Crippen molar-refractivity contribution in [3.8, 4) is 0 Å². The molecule has 788 valence electrons. The number of unbranched alkanes of at least 4 members (excludes halogenated alkanes) is 1. The maximum atomic E-state index is 14.5. The summed E-state index contributed by atoms with van der Waals surface area (Å²) in [5.74, 6) is -8.58. The van der Waals surface area contributed by atoms with Gasteiger partial charge in [-0.2, -0.15) is 0 Å². The number of piperazine rings is 1. The van der Waals surface area contributed by atoms with E-state index in [0.29, 0.717) is 71.0 Å². The molecule has 8 rings (SSSR count). The van der Waals surface area contributed by atoms with Gasteiger partial charge in [-0.15, -0.1) is 19.7 Å². The Morgan fingerprint density at radius 1 is 0.426 bits per heavy atom. The molecule has 3 saturated carbocycles. The number of likely N-dealkylation sites (tertiary alicyclic amines) is 3. The molecule has 4 saturated heterocycles. The van der Waals surface area contributed by atoms with Crippen molar-refractivity contribution < 1.29 is 86.3 Å². The van der Waals surface area contributed by atoms with Crippen LogP contribution >= 0.6 is 0 Å². The van der Waals surface area contributed by atoms with Gasteiger partial charge >= 0.3 is 18.1 Å². The Balaban J connectivity index is 0.000000327. The van der Waals surface area contributed by atoms with Crippen LogP contribution in [0.25, 0.3) is 0 Å². The summed E-state index contributed by atoms with van der Waals surface area (Å²) < 4.78 is 0. The van der Waals surface area contributed by atoms with Crippen LogP contribution in [0.4, 0.5) is 20.3 Å². The average Bonchev–Trinajstić information content (AvgIpc) is 1.53. The third kappa shape index (κ3) is 29.4. The molecule has 141 heavy (non-hydrogen) atoms. The molecule has 3 aliphatic carbocycles. The molecule has 0 radical (unpaired) electrons. The number of aromatic nitrogens is 2. The number of anilines is 1.